The molecule has 3 aromatic rings. The predicted octanol–water partition coefficient (Wildman–Crippen LogP) is 4.34. The molecule has 1 aliphatic heterocycles. The van der Waals surface area contributed by atoms with E-state index in [0.717, 1.165) is 18.0 Å². The number of pyridine rings is 1. The molecule has 1 spiro atoms. The number of benzene rings is 1. The van der Waals surface area contributed by atoms with Gasteiger partial charge in [-0.05, 0) is 30.5 Å². The molecule has 0 unspecified atom stereocenters. The molecule has 2 aliphatic rings. The van der Waals surface area contributed by atoms with Gasteiger partial charge in [-0.1, -0.05) is 30.3 Å². The Morgan fingerprint density at radius 2 is 1.88 bits per heavy atom. The minimum Gasteiger partial charge on any atom is -0.473 e. The Hall–Kier alpha value is -3.36. The predicted molar refractivity (Wildman–Crippen MR) is 110 cm³/mol. The van der Waals surface area contributed by atoms with Crippen LogP contribution in [-0.4, -0.2) is 39.2 Å². The number of hydrogen-bond acceptors (Lipinski definition) is 4. The van der Waals surface area contributed by atoms with Crippen LogP contribution in [0.15, 0.2) is 54.7 Å². The summed E-state index contributed by atoms with van der Waals surface area (Å²) in [4.78, 5) is 16.8. The summed E-state index contributed by atoms with van der Waals surface area (Å²) in [7, 11) is 0. The van der Waals surface area contributed by atoms with Gasteiger partial charge < -0.3 is 9.64 Å². The largest absolute Gasteiger partial charge is 0.473 e. The van der Waals surface area contributed by atoms with Crippen LogP contribution in [0.5, 0.6) is 5.88 Å². The number of carbonyl (C=O) groups excluding carboxylic acids is 1. The molecule has 6 nitrogen and oxygen atoms in total. The summed E-state index contributed by atoms with van der Waals surface area (Å²) in [5.74, 6) is 0.394. The molecule has 166 valence electrons. The van der Waals surface area contributed by atoms with Gasteiger partial charge in [-0.25, -0.2) is 4.98 Å². The molecule has 1 saturated heterocycles. The highest BCUT2D eigenvalue weighted by atomic mass is 19.4. The summed E-state index contributed by atoms with van der Waals surface area (Å²) in [5, 5.41) is 3.89. The number of hydrogen-bond donors (Lipinski definition) is 0. The Morgan fingerprint density at radius 3 is 2.50 bits per heavy atom. The maximum absolute atomic E-state index is 13.4. The third-order valence-corrected chi connectivity index (χ3v) is 6.20. The number of likely N-dealkylation sites (tertiary alicyclic amines) is 1. The lowest BCUT2D eigenvalue weighted by molar-refractivity contribution is -0.144. The molecule has 2 fully saturated rings. The second-order valence-electron chi connectivity index (χ2n) is 8.59. The van der Waals surface area contributed by atoms with Gasteiger partial charge >= 0.3 is 6.18 Å². The molecular weight excluding hydrogens is 421 g/mol. The summed E-state index contributed by atoms with van der Waals surface area (Å²) >= 11 is 0. The Morgan fingerprint density at radius 1 is 1.12 bits per heavy atom. The van der Waals surface area contributed by atoms with E-state index < -0.39 is 11.9 Å². The second-order valence-corrected chi connectivity index (χ2v) is 8.59. The first-order chi connectivity index (χ1) is 15.4. The number of amides is 1. The fraction of sp³-hybridized carbons (Fsp3) is 0.348. The third kappa shape index (κ3) is 3.83. The van der Waals surface area contributed by atoms with Crippen molar-refractivity contribution in [3.63, 3.8) is 0 Å². The van der Waals surface area contributed by atoms with Crippen LogP contribution < -0.4 is 4.74 Å². The van der Waals surface area contributed by atoms with Crippen LogP contribution in [0.2, 0.25) is 0 Å². The molecule has 3 heterocycles. The summed E-state index contributed by atoms with van der Waals surface area (Å²) in [6.07, 6.45) is -0.797. The summed E-state index contributed by atoms with van der Waals surface area (Å²) in [5.41, 5.74) is 1.02. The van der Waals surface area contributed by atoms with E-state index in [1.54, 1.807) is 17.0 Å². The molecule has 1 amide bonds. The summed E-state index contributed by atoms with van der Waals surface area (Å²) in [6, 6.07) is 13.9. The van der Waals surface area contributed by atoms with Gasteiger partial charge in [0, 0.05) is 36.3 Å². The van der Waals surface area contributed by atoms with Crippen LogP contribution in [0.3, 0.4) is 0 Å². The lowest BCUT2D eigenvalue weighted by Crippen LogP contribution is -2.61. The van der Waals surface area contributed by atoms with Crippen LogP contribution in [0.1, 0.15) is 30.1 Å². The van der Waals surface area contributed by atoms with Crippen molar-refractivity contribution < 1.29 is 22.7 Å². The zero-order valence-corrected chi connectivity index (χ0v) is 17.1. The van der Waals surface area contributed by atoms with Crippen LogP contribution in [0.4, 0.5) is 13.2 Å². The van der Waals surface area contributed by atoms with E-state index in [2.05, 4.69) is 10.1 Å². The van der Waals surface area contributed by atoms with Gasteiger partial charge in [-0.2, -0.15) is 18.3 Å². The first-order valence-electron chi connectivity index (χ1n) is 10.3. The molecule has 0 atom stereocenters. The van der Waals surface area contributed by atoms with E-state index in [1.807, 2.05) is 30.3 Å². The van der Waals surface area contributed by atoms with E-state index in [-0.39, 0.29) is 11.5 Å². The Bertz CT molecular complexity index is 1100. The fourth-order valence-electron chi connectivity index (χ4n) is 4.64. The normalized spacial score (nSPS) is 17.7. The average molecular weight is 442 g/mol. The van der Waals surface area contributed by atoms with Gasteiger partial charge in [0.15, 0.2) is 5.69 Å². The minimum atomic E-state index is -4.53. The average Bonchev–Trinajstić information content (AvgIpc) is 3.17. The number of rotatable bonds is 6. The van der Waals surface area contributed by atoms with Gasteiger partial charge in [0.1, 0.15) is 6.61 Å². The number of carbonyl (C=O) groups is 1. The number of halogens is 3. The first kappa shape index (κ1) is 20.5. The fourth-order valence-corrected chi connectivity index (χ4v) is 4.64. The lowest BCUT2D eigenvalue weighted by Gasteiger charge is -2.58. The van der Waals surface area contributed by atoms with E-state index in [0.29, 0.717) is 49.7 Å². The molecule has 32 heavy (non-hydrogen) atoms. The SMILES string of the molecule is O=CN1CC2(CC(n3nc(C(F)(F)F)cc3-c3ccc(OCc4ccccc4)nc3)C2)C1. The highest BCUT2D eigenvalue weighted by Crippen LogP contribution is 2.54. The lowest BCUT2D eigenvalue weighted by atomic mass is 9.61. The molecule has 2 aromatic heterocycles. The van der Waals surface area contributed by atoms with Gasteiger partial charge in [-0.3, -0.25) is 9.48 Å². The molecular formula is C23H21F3N4O2. The van der Waals surface area contributed by atoms with Gasteiger partial charge in [0.25, 0.3) is 0 Å². The second kappa shape index (κ2) is 7.65. The summed E-state index contributed by atoms with van der Waals surface area (Å²) < 4.78 is 47.3. The molecule has 0 bridgehead atoms. The zero-order chi connectivity index (χ0) is 22.3. The number of ether oxygens (including phenoxy) is 1. The molecule has 0 N–H and O–H groups in total. The van der Waals surface area contributed by atoms with Crippen LogP contribution in [-0.2, 0) is 17.6 Å². The third-order valence-electron chi connectivity index (χ3n) is 6.20. The smallest absolute Gasteiger partial charge is 0.435 e. The van der Waals surface area contributed by atoms with Crippen molar-refractivity contribution in [1.29, 1.82) is 0 Å². The van der Waals surface area contributed by atoms with Crippen molar-refractivity contribution >= 4 is 6.41 Å². The molecule has 1 saturated carbocycles. The summed E-state index contributed by atoms with van der Waals surface area (Å²) in [6.45, 7) is 1.67. The Balaban J connectivity index is 1.34. The molecule has 1 aromatic carbocycles. The topological polar surface area (TPSA) is 60.2 Å². The number of alkyl halides is 3. The van der Waals surface area contributed by atoms with E-state index >= 15 is 0 Å². The van der Waals surface area contributed by atoms with E-state index in [9.17, 15) is 18.0 Å². The van der Waals surface area contributed by atoms with Crippen molar-refractivity contribution in [2.24, 2.45) is 5.41 Å². The van der Waals surface area contributed by atoms with Crippen molar-refractivity contribution in [2.75, 3.05) is 13.1 Å². The molecule has 9 heteroatoms. The maximum Gasteiger partial charge on any atom is 0.435 e. The van der Waals surface area contributed by atoms with Gasteiger partial charge in [0.2, 0.25) is 12.3 Å². The van der Waals surface area contributed by atoms with E-state index in [4.69, 9.17) is 4.74 Å². The van der Waals surface area contributed by atoms with Crippen LogP contribution >= 0.6 is 0 Å². The monoisotopic (exact) mass is 442 g/mol. The highest BCUT2D eigenvalue weighted by Gasteiger charge is 2.53. The molecule has 1 aliphatic carbocycles. The van der Waals surface area contributed by atoms with E-state index in [1.165, 1.54) is 10.9 Å². The molecule has 0 radical (unpaired) electrons. The Kier molecular flexibility index (Phi) is 4.91. The van der Waals surface area contributed by atoms with Crippen molar-refractivity contribution in [3.8, 4) is 17.1 Å². The highest BCUT2D eigenvalue weighted by molar-refractivity contribution is 5.60. The minimum absolute atomic E-state index is 0.0145. The Labute approximate surface area is 182 Å². The van der Waals surface area contributed by atoms with Gasteiger partial charge in [0.05, 0.1) is 11.7 Å². The zero-order valence-electron chi connectivity index (χ0n) is 17.1. The first-order valence-corrected chi connectivity index (χ1v) is 10.3. The van der Waals surface area contributed by atoms with Crippen LogP contribution in [0.25, 0.3) is 11.3 Å². The number of aromatic nitrogens is 3. The standard InChI is InChI=1S/C23H21F3N4O2/c24-23(25,26)20-8-19(30(28-20)18-9-22(10-18)13-29(14-22)15-31)17-6-7-21(27-11-17)32-12-16-4-2-1-3-5-16/h1-8,11,15,18H,9-10,12-14H2. The van der Waals surface area contributed by atoms with Crippen LogP contribution in [0, 0.1) is 5.41 Å². The van der Waals surface area contributed by atoms with Crippen molar-refractivity contribution in [1.82, 2.24) is 19.7 Å². The maximum atomic E-state index is 13.4. The quantitative estimate of drug-likeness (QED) is 0.533. The van der Waals surface area contributed by atoms with Gasteiger partial charge in [-0.15, -0.1) is 0 Å². The van der Waals surface area contributed by atoms with Crippen molar-refractivity contribution in [3.05, 3.63) is 66.0 Å². The molecule has 5 rings (SSSR count). The van der Waals surface area contributed by atoms with Crippen molar-refractivity contribution in [2.45, 2.75) is 31.7 Å². The number of nitrogens with zero attached hydrogens (tertiary/aromatic N) is 4.